The van der Waals surface area contributed by atoms with Crippen molar-refractivity contribution >= 4 is 0 Å². The molecule has 0 saturated carbocycles. The molecule has 0 amide bonds. The summed E-state index contributed by atoms with van der Waals surface area (Å²) in [7, 11) is 0. The highest BCUT2D eigenvalue weighted by Gasteiger charge is 2.24. The largest absolute Gasteiger partial charge is 0.327 e. The Balaban J connectivity index is 2.62. The summed E-state index contributed by atoms with van der Waals surface area (Å²) in [5, 5.41) is 0. The standard InChI is InChI=1S/C15H26N2/c1-11(15(3,4)5)10-14(16)12(2)13-6-8-17-9-7-13/h6-9,11-12,14H,10,16H2,1-5H3. The highest BCUT2D eigenvalue weighted by atomic mass is 14.7. The number of nitrogens with zero attached hydrogens (tertiary/aromatic N) is 1. The lowest BCUT2D eigenvalue weighted by atomic mass is 9.76. The number of pyridine rings is 1. The van der Waals surface area contributed by atoms with Crippen LogP contribution in [0.4, 0.5) is 0 Å². The lowest BCUT2D eigenvalue weighted by molar-refractivity contribution is 0.227. The Hall–Kier alpha value is -0.890. The third kappa shape index (κ3) is 4.12. The zero-order valence-corrected chi connectivity index (χ0v) is 11.8. The van der Waals surface area contributed by atoms with Crippen LogP contribution in [0.25, 0.3) is 0 Å². The van der Waals surface area contributed by atoms with E-state index in [0.717, 1.165) is 6.42 Å². The predicted molar refractivity (Wildman–Crippen MR) is 73.9 cm³/mol. The van der Waals surface area contributed by atoms with Crippen molar-refractivity contribution in [3.8, 4) is 0 Å². The molecule has 2 heteroatoms. The van der Waals surface area contributed by atoms with Crippen molar-refractivity contribution < 1.29 is 0 Å². The molecule has 0 spiro atoms. The second-order valence-electron chi connectivity index (χ2n) is 6.24. The number of hydrogen-bond donors (Lipinski definition) is 1. The van der Waals surface area contributed by atoms with Gasteiger partial charge in [-0.1, -0.05) is 34.6 Å². The summed E-state index contributed by atoms with van der Waals surface area (Å²) in [6.45, 7) is 11.3. The highest BCUT2D eigenvalue weighted by Crippen LogP contribution is 2.31. The van der Waals surface area contributed by atoms with E-state index in [1.54, 1.807) is 0 Å². The Morgan fingerprint density at radius 3 is 2.18 bits per heavy atom. The topological polar surface area (TPSA) is 38.9 Å². The van der Waals surface area contributed by atoms with Crippen molar-refractivity contribution in [1.29, 1.82) is 0 Å². The molecular formula is C15H26N2. The molecule has 1 aromatic rings. The summed E-state index contributed by atoms with van der Waals surface area (Å²) in [4.78, 5) is 4.05. The number of rotatable bonds is 4. The van der Waals surface area contributed by atoms with Gasteiger partial charge in [-0.05, 0) is 41.4 Å². The van der Waals surface area contributed by atoms with E-state index in [1.807, 2.05) is 12.4 Å². The van der Waals surface area contributed by atoms with Crippen molar-refractivity contribution in [1.82, 2.24) is 4.98 Å². The van der Waals surface area contributed by atoms with Gasteiger partial charge in [0.25, 0.3) is 0 Å². The monoisotopic (exact) mass is 234 g/mol. The van der Waals surface area contributed by atoms with E-state index in [-0.39, 0.29) is 6.04 Å². The number of nitrogens with two attached hydrogens (primary N) is 1. The summed E-state index contributed by atoms with van der Waals surface area (Å²) < 4.78 is 0. The molecule has 0 aliphatic rings. The van der Waals surface area contributed by atoms with Crippen molar-refractivity contribution in [3.63, 3.8) is 0 Å². The molecule has 2 nitrogen and oxygen atoms in total. The van der Waals surface area contributed by atoms with E-state index in [9.17, 15) is 0 Å². The molecule has 3 unspecified atom stereocenters. The fraction of sp³-hybridized carbons (Fsp3) is 0.667. The maximum atomic E-state index is 6.33. The van der Waals surface area contributed by atoms with Crippen LogP contribution in [-0.2, 0) is 0 Å². The molecule has 0 aromatic carbocycles. The fourth-order valence-electron chi connectivity index (χ4n) is 1.88. The maximum Gasteiger partial charge on any atom is 0.0270 e. The Kier molecular flexibility index (Phi) is 4.70. The molecule has 1 aromatic heterocycles. The molecule has 0 aliphatic heterocycles. The SMILES string of the molecule is CC(c1ccncc1)C(N)CC(C)C(C)(C)C. The number of hydrogen-bond acceptors (Lipinski definition) is 2. The van der Waals surface area contributed by atoms with Crippen LogP contribution >= 0.6 is 0 Å². The lowest BCUT2D eigenvalue weighted by Crippen LogP contribution is -2.32. The van der Waals surface area contributed by atoms with Crippen molar-refractivity contribution in [2.24, 2.45) is 17.1 Å². The van der Waals surface area contributed by atoms with Gasteiger partial charge in [0.1, 0.15) is 0 Å². The predicted octanol–water partition coefficient (Wildman–Crippen LogP) is 3.58. The second kappa shape index (κ2) is 5.63. The first-order valence-electron chi connectivity index (χ1n) is 6.48. The van der Waals surface area contributed by atoms with Crippen molar-refractivity contribution in [3.05, 3.63) is 30.1 Å². The van der Waals surface area contributed by atoms with Gasteiger partial charge in [0, 0.05) is 18.4 Å². The van der Waals surface area contributed by atoms with Crippen LogP contribution in [0.3, 0.4) is 0 Å². The van der Waals surface area contributed by atoms with E-state index < -0.39 is 0 Å². The molecule has 96 valence electrons. The average molecular weight is 234 g/mol. The molecule has 1 rings (SSSR count). The van der Waals surface area contributed by atoms with Crippen molar-refractivity contribution in [2.45, 2.75) is 53.0 Å². The zero-order valence-electron chi connectivity index (χ0n) is 11.8. The van der Waals surface area contributed by atoms with Gasteiger partial charge >= 0.3 is 0 Å². The third-order valence-electron chi connectivity index (χ3n) is 3.98. The van der Waals surface area contributed by atoms with Crippen LogP contribution in [0.1, 0.15) is 52.5 Å². The fourth-order valence-corrected chi connectivity index (χ4v) is 1.88. The van der Waals surface area contributed by atoms with E-state index in [1.165, 1.54) is 5.56 Å². The molecule has 0 aliphatic carbocycles. The normalized spacial score (nSPS) is 17.5. The molecule has 2 N–H and O–H groups in total. The first-order chi connectivity index (χ1) is 7.82. The summed E-state index contributed by atoms with van der Waals surface area (Å²) in [6, 6.07) is 4.34. The molecule has 0 bridgehead atoms. The molecule has 0 fully saturated rings. The Labute approximate surface area is 106 Å². The zero-order chi connectivity index (χ0) is 13.1. The van der Waals surface area contributed by atoms with E-state index in [4.69, 9.17) is 5.73 Å². The minimum absolute atomic E-state index is 0.214. The van der Waals surface area contributed by atoms with Gasteiger partial charge in [0.2, 0.25) is 0 Å². The van der Waals surface area contributed by atoms with Crippen molar-refractivity contribution in [2.75, 3.05) is 0 Å². The third-order valence-corrected chi connectivity index (χ3v) is 3.98. The highest BCUT2D eigenvalue weighted by molar-refractivity contribution is 5.16. The van der Waals surface area contributed by atoms with Gasteiger partial charge in [0.05, 0.1) is 0 Å². The maximum absolute atomic E-state index is 6.33. The van der Waals surface area contributed by atoms with Crippen LogP contribution in [0, 0.1) is 11.3 Å². The molecule has 3 atom stereocenters. The van der Waals surface area contributed by atoms with Crippen LogP contribution in [0.5, 0.6) is 0 Å². The molecular weight excluding hydrogens is 208 g/mol. The van der Waals surface area contributed by atoms with Crippen LogP contribution in [0.2, 0.25) is 0 Å². The average Bonchev–Trinajstić information content (AvgIpc) is 2.27. The Bertz CT molecular complexity index is 327. The lowest BCUT2D eigenvalue weighted by Gasteiger charge is -2.31. The molecule has 0 radical (unpaired) electrons. The Morgan fingerprint density at radius 2 is 1.71 bits per heavy atom. The van der Waals surface area contributed by atoms with E-state index >= 15 is 0 Å². The minimum atomic E-state index is 0.214. The first-order valence-corrected chi connectivity index (χ1v) is 6.48. The minimum Gasteiger partial charge on any atom is -0.327 e. The van der Waals surface area contributed by atoms with Gasteiger partial charge in [-0.25, -0.2) is 0 Å². The van der Waals surface area contributed by atoms with E-state index in [2.05, 4.69) is 51.7 Å². The summed E-state index contributed by atoms with van der Waals surface area (Å²) >= 11 is 0. The van der Waals surface area contributed by atoms with Crippen LogP contribution in [-0.4, -0.2) is 11.0 Å². The molecule has 0 saturated heterocycles. The van der Waals surface area contributed by atoms with Gasteiger partial charge in [-0.3, -0.25) is 4.98 Å². The van der Waals surface area contributed by atoms with Gasteiger partial charge in [-0.15, -0.1) is 0 Å². The first kappa shape index (κ1) is 14.2. The second-order valence-corrected chi connectivity index (χ2v) is 6.24. The molecule has 17 heavy (non-hydrogen) atoms. The van der Waals surface area contributed by atoms with Crippen LogP contribution < -0.4 is 5.73 Å². The van der Waals surface area contributed by atoms with Gasteiger partial charge < -0.3 is 5.73 Å². The smallest absolute Gasteiger partial charge is 0.0270 e. The molecule has 1 heterocycles. The summed E-state index contributed by atoms with van der Waals surface area (Å²) in [6.07, 6.45) is 4.74. The van der Waals surface area contributed by atoms with Gasteiger partial charge in [0.15, 0.2) is 0 Å². The van der Waals surface area contributed by atoms with Gasteiger partial charge in [-0.2, -0.15) is 0 Å². The number of aromatic nitrogens is 1. The van der Waals surface area contributed by atoms with E-state index in [0.29, 0.717) is 17.3 Å². The summed E-state index contributed by atoms with van der Waals surface area (Å²) in [5.74, 6) is 1.02. The summed E-state index contributed by atoms with van der Waals surface area (Å²) in [5.41, 5.74) is 7.94. The van der Waals surface area contributed by atoms with Crippen LogP contribution in [0.15, 0.2) is 24.5 Å². The Morgan fingerprint density at radius 1 is 1.18 bits per heavy atom. The quantitative estimate of drug-likeness (QED) is 0.864.